The molecule has 0 aliphatic carbocycles. The highest BCUT2D eigenvalue weighted by atomic mass is 16.5. The van der Waals surface area contributed by atoms with E-state index in [0.29, 0.717) is 5.75 Å². The Kier molecular flexibility index (Phi) is 5.03. The Morgan fingerprint density at radius 3 is 2.43 bits per heavy atom. The van der Waals surface area contributed by atoms with Crippen LogP contribution in [0.1, 0.15) is 36.0 Å². The van der Waals surface area contributed by atoms with Crippen molar-refractivity contribution in [2.75, 3.05) is 25.4 Å². The summed E-state index contributed by atoms with van der Waals surface area (Å²) in [4.78, 5) is 24.7. The summed E-state index contributed by atoms with van der Waals surface area (Å²) in [7, 11) is 0. The molecule has 2 rings (SSSR count). The predicted molar refractivity (Wildman–Crippen MR) is 78.4 cm³/mol. The maximum atomic E-state index is 12.1. The van der Waals surface area contributed by atoms with Crippen LogP contribution in [-0.4, -0.2) is 41.6 Å². The van der Waals surface area contributed by atoms with Crippen molar-refractivity contribution in [3.8, 4) is 5.75 Å². The molecule has 6 heteroatoms. The molecule has 1 aromatic rings. The van der Waals surface area contributed by atoms with Gasteiger partial charge in [-0.1, -0.05) is 12.8 Å². The van der Waals surface area contributed by atoms with Gasteiger partial charge in [0, 0.05) is 13.1 Å². The summed E-state index contributed by atoms with van der Waals surface area (Å²) < 4.78 is 5.42. The van der Waals surface area contributed by atoms with Gasteiger partial charge in [0.1, 0.15) is 5.75 Å². The molecule has 21 heavy (non-hydrogen) atoms. The van der Waals surface area contributed by atoms with Gasteiger partial charge in [-0.3, -0.25) is 4.79 Å². The lowest BCUT2D eigenvalue weighted by molar-refractivity contribution is -0.133. The van der Waals surface area contributed by atoms with Gasteiger partial charge in [0.05, 0.1) is 11.3 Å². The fourth-order valence-corrected chi connectivity index (χ4v) is 2.36. The minimum atomic E-state index is -1.05. The molecule has 114 valence electrons. The third-order valence-electron chi connectivity index (χ3n) is 3.57. The Labute approximate surface area is 123 Å². The molecule has 1 fully saturated rings. The number of nitrogens with two attached hydrogens (primary N) is 1. The fraction of sp³-hybridized carbons (Fsp3) is 0.467. The van der Waals surface area contributed by atoms with Gasteiger partial charge in [-0.15, -0.1) is 0 Å². The fourth-order valence-electron chi connectivity index (χ4n) is 2.36. The standard InChI is InChI=1S/C15H20N2O4/c16-12-9-11(15(19)20)5-6-13(12)21-10-14(18)17-7-3-1-2-4-8-17/h5-6,9H,1-4,7-8,10,16H2,(H,19,20). The summed E-state index contributed by atoms with van der Waals surface area (Å²) in [5.41, 5.74) is 6.05. The molecule has 0 unspecified atom stereocenters. The smallest absolute Gasteiger partial charge is 0.335 e. The number of rotatable bonds is 4. The van der Waals surface area contributed by atoms with E-state index in [1.165, 1.54) is 18.2 Å². The van der Waals surface area contributed by atoms with E-state index in [-0.39, 0.29) is 23.8 Å². The number of ether oxygens (including phenoxy) is 1. The first-order valence-electron chi connectivity index (χ1n) is 7.11. The van der Waals surface area contributed by atoms with Crippen molar-refractivity contribution < 1.29 is 19.4 Å². The number of carboxylic acids is 1. The number of hydrogen-bond acceptors (Lipinski definition) is 4. The predicted octanol–water partition coefficient (Wildman–Crippen LogP) is 1.75. The second-order valence-corrected chi connectivity index (χ2v) is 5.14. The zero-order chi connectivity index (χ0) is 15.2. The van der Waals surface area contributed by atoms with Crippen molar-refractivity contribution in [1.82, 2.24) is 4.90 Å². The molecule has 0 saturated carbocycles. The molecule has 1 amide bonds. The number of likely N-dealkylation sites (tertiary alicyclic amines) is 1. The summed E-state index contributed by atoms with van der Waals surface area (Å²) >= 11 is 0. The van der Waals surface area contributed by atoms with Crippen molar-refractivity contribution in [3.63, 3.8) is 0 Å². The van der Waals surface area contributed by atoms with E-state index in [9.17, 15) is 9.59 Å². The van der Waals surface area contributed by atoms with Gasteiger partial charge in [0.2, 0.25) is 0 Å². The Morgan fingerprint density at radius 2 is 1.86 bits per heavy atom. The van der Waals surface area contributed by atoms with E-state index in [0.717, 1.165) is 38.8 Å². The number of nitrogen functional groups attached to an aromatic ring is 1. The monoisotopic (exact) mass is 292 g/mol. The van der Waals surface area contributed by atoms with Gasteiger partial charge in [-0.25, -0.2) is 4.79 Å². The number of carbonyl (C=O) groups is 2. The molecule has 3 N–H and O–H groups in total. The summed E-state index contributed by atoms with van der Waals surface area (Å²) in [6, 6.07) is 4.22. The van der Waals surface area contributed by atoms with E-state index >= 15 is 0 Å². The molecule has 1 saturated heterocycles. The zero-order valence-corrected chi connectivity index (χ0v) is 11.9. The molecule has 1 aliphatic rings. The first-order chi connectivity index (χ1) is 10.1. The van der Waals surface area contributed by atoms with Gasteiger partial charge in [-0.05, 0) is 31.0 Å². The van der Waals surface area contributed by atoms with E-state index < -0.39 is 5.97 Å². The highest BCUT2D eigenvalue weighted by Crippen LogP contribution is 2.22. The van der Waals surface area contributed by atoms with Gasteiger partial charge in [0.15, 0.2) is 6.61 Å². The van der Waals surface area contributed by atoms with Crippen molar-refractivity contribution >= 4 is 17.6 Å². The van der Waals surface area contributed by atoms with Crippen LogP contribution in [0.2, 0.25) is 0 Å². The number of hydrogen-bond donors (Lipinski definition) is 2. The van der Waals surface area contributed by atoms with Crippen molar-refractivity contribution in [3.05, 3.63) is 23.8 Å². The SMILES string of the molecule is Nc1cc(C(=O)O)ccc1OCC(=O)N1CCCCCC1. The van der Waals surface area contributed by atoms with Crippen molar-refractivity contribution in [2.24, 2.45) is 0 Å². The van der Waals surface area contributed by atoms with Gasteiger partial charge < -0.3 is 20.5 Å². The van der Waals surface area contributed by atoms with Crippen molar-refractivity contribution in [2.45, 2.75) is 25.7 Å². The maximum absolute atomic E-state index is 12.1. The summed E-state index contributed by atoms with van der Waals surface area (Å²) in [5.74, 6) is -0.768. The summed E-state index contributed by atoms with van der Waals surface area (Å²) in [6.45, 7) is 1.47. The second-order valence-electron chi connectivity index (χ2n) is 5.14. The number of benzene rings is 1. The lowest BCUT2D eigenvalue weighted by Gasteiger charge is -2.20. The molecular formula is C15H20N2O4. The van der Waals surface area contributed by atoms with E-state index in [1.54, 1.807) is 0 Å². The minimum absolute atomic E-state index is 0.0568. The molecular weight excluding hydrogens is 272 g/mol. The number of anilines is 1. The number of nitrogens with zero attached hydrogens (tertiary/aromatic N) is 1. The lowest BCUT2D eigenvalue weighted by atomic mass is 10.2. The third kappa shape index (κ3) is 4.11. The van der Waals surface area contributed by atoms with Crippen LogP contribution in [0.15, 0.2) is 18.2 Å². The Hall–Kier alpha value is -2.24. The third-order valence-corrected chi connectivity index (χ3v) is 3.57. The van der Waals surface area contributed by atoms with E-state index in [1.807, 2.05) is 4.90 Å². The Morgan fingerprint density at radius 1 is 1.19 bits per heavy atom. The highest BCUT2D eigenvalue weighted by Gasteiger charge is 2.16. The van der Waals surface area contributed by atoms with Crippen LogP contribution in [0.4, 0.5) is 5.69 Å². The zero-order valence-electron chi connectivity index (χ0n) is 11.9. The molecule has 1 aliphatic heterocycles. The molecule has 0 atom stereocenters. The van der Waals surface area contributed by atoms with Crippen LogP contribution in [0.5, 0.6) is 5.75 Å². The van der Waals surface area contributed by atoms with E-state index in [4.69, 9.17) is 15.6 Å². The first kappa shape index (κ1) is 15.2. The quantitative estimate of drug-likeness (QED) is 0.825. The van der Waals surface area contributed by atoms with Crippen LogP contribution in [-0.2, 0) is 4.79 Å². The Balaban J connectivity index is 1.93. The van der Waals surface area contributed by atoms with Crippen molar-refractivity contribution in [1.29, 1.82) is 0 Å². The normalized spacial score (nSPS) is 15.3. The molecule has 0 spiro atoms. The number of aromatic carboxylic acids is 1. The topological polar surface area (TPSA) is 92.9 Å². The first-order valence-corrected chi connectivity index (χ1v) is 7.11. The van der Waals surface area contributed by atoms with Crippen LogP contribution in [0.25, 0.3) is 0 Å². The molecule has 0 bridgehead atoms. The van der Waals surface area contributed by atoms with Crippen LogP contribution in [0, 0.1) is 0 Å². The average molecular weight is 292 g/mol. The molecule has 1 heterocycles. The van der Waals surface area contributed by atoms with Gasteiger partial charge in [-0.2, -0.15) is 0 Å². The second kappa shape index (κ2) is 6.97. The summed E-state index contributed by atoms with van der Waals surface area (Å²) in [6.07, 6.45) is 4.38. The molecule has 6 nitrogen and oxygen atoms in total. The van der Waals surface area contributed by atoms with E-state index in [2.05, 4.69) is 0 Å². The minimum Gasteiger partial charge on any atom is -0.482 e. The average Bonchev–Trinajstić information content (AvgIpc) is 2.74. The molecule has 1 aromatic carbocycles. The van der Waals surface area contributed by atoms with Gasteiger partial charge >= 0.3 is 5.97 Å². The lowest BCUT2D eigenvalue weighted by Crippen LogP contribution is -2.35. The Bertz CT molecular complexity index is 522. The highest BCUT2D eigenvalue weighted by molar-refractivity contribution is 5.89. The van der Waals surface area contributed by atoms with Crippen LogP contribution in [0.3, 0.4) is 0 Å². The maximum Gasteiger partial charge on any atom is 0.335 e. The number of carbonyl (C=O) groups excluding carboxylic acids is 1. The molecule has 0 radical (unpaired) electrons. The molecule has 0 aromatic heterocycles. The van der Waals surface area contributed by atoms with Crippen LogP contribution >= 0.6 is 0 Å². The largest absolute Gasteiger partial charge is 0.482 e. The van der Waals surface area contributed by atoms with Crippen LogP contribution < -0.4 is 10.5 Å². The van der Waals surface area contributed by atoms with Gasteiger partial charge in [0.25, 0.3) is 5.91 Å². The summed E-state index contributed by atoms with van der Waals surface area (Å²) in [5, 5.41) is 8.86. The number of amides is 1. The number of carboxylic acid groups (broad SMARTS) is 1.